The van der Waals surface area contributed by atoms with Crippen LogP contribution >= 0.6 is 22.6 Å². The maximum Gasteiger partial charge on any atom is 0.408 e. The van der Waals surface area contributed by atoms with E-state index in [1.54, 1.807) is 30.1 Å². The zero-order chi connectivity index (χ0) is 23.1. The number of hydrogen-bond acceptors (Lipinski definition) is 6. The van der Waals surface area contributed by atoms with Gasteiger partial charge in [0, 0.05) is 60.7 Å². The van der Waals surface area contributed by atoms with E-state index in [0.717, 1.165) is 27.5 Å². The van der Waals surface area contributed by atoms with Crippen LogP contribution < -0.4 is 9.80 Å². The second-order valence-electron chi connectivity index (χ2n) is 7.48. The van der Waals surface area contributed by atoms with Crippen molar-refractivity contribution in [1.29, 1.82) is 0 Å². The molecule has 0 N–H and O–H groups in total. The molecular formula is C20H18F5IN6. The van der Waals surface area contributed by atoms with Gasteiger partial charge in [-0.2, -0.15) is 31.9 Å². The van der Waals surface area contributed by atoms with Crippen LogP contribution in [0.5, 0.6) is 0 Å². The van der Waals surface area contributed by atoms with Crippen LogP contribution in [-0.2, 0) is 10.5 Å². The monoisotopic (exact) mass is 564 g/mol. The summed E-state index contributed by atoms with van der Waals surface area (Å²) in [5.41, 5.74) is 0.139. The summed E-state index contributed by atoms with van der Waals surface area (Å²) in [5, 5.41) is 0.508. The van der Waals surface area contributed by atoms with Crippen LogP contribution in [0, 0.1) is 0 Å². The fraction of sp³-hybridized carbons (Fsp3) is 0.400. The van der Waals surface area contributed by atoms with E-state index < -0.39 is 16.1 Å². The first-order valence-corrected chi connectivity index (χ1v) is 10.8. The van der Waals surface area contributed by atoms with Gasteiger partial charge in [0.25, 0.3) is 0 Å². The van der Waals surface area contributed by atoms with Gasteiger partial charge in [-0.3, -0.25) is 4.98 Å². The van der Waals surface area contributed by atoms with Crippen molar-refractivity contribution in [2.75, 3.05) is 23.4 Å². The lowest BCUT2D eigenvalue weighted by molar-refractivity contribution is -0.146. The maximum absolute atomic E-state index is 14.0. The molecule has 3 aromatic rings. The average molecular weight is 564 g/mol. The second-order valence-corrected chi connectivity index (χ2v) is 8.83. The molecule has 1 saturated heterocycles. The molecule has 1 atom stereocenters. The molecule has 4 heterocycles. The summed E-state index contributed by atoms with van der Waals surface area (Å²) < 4.78 is 65.4. The van der Waals surface area contributed by atoms with E-state index in [9.17, 15) is 22.0 Å². The minimum atomic E-state index is -4.42. The van der Waals surface area contributed by atoms with E-state index in [2.05, 4.69) is 19.9 Å². The first-order chi connectivity index (χ1) is 15.1. The van der Waals surface area contributed by atoms with Crippen molar-refractivity contribution in [2.24, 2.45) is 0 Å². The standard InChI is InChI=1S/C20H18F5IN6/c1-31(11-12-5-2-8-27-15(12)20(24,25)26)17-13-6-3-9-28-16(13)29-18(30-17)32-10-4-7-14(32)19(21,22)23/h2-3,5-6,8-9,14H,4,7,10-11H2,1H3. The van der Waals surface area contributed by atoms with Crippen LogP contribution in [0.25, 0.3) is 11.0 Å². The first kappa shape index (κ1) is 22.8. The third-order valence-electron chi connectivity index (χ3n) is 5.26. The number of aromatic nitrogens is 4. The van der Waals surface area contributed by atoms with Gasteiger partial charge in [-0.05, 0) is 31.0 Å². The van der Waals surface area contributed by atoms with Crippen molar-refractivity contribution in [3.05, 3.63) is 47.9 Å². The molecular weight excluding hydrogens is 546 g/mol. The molecule has 0 aliphatic carbocycles. The highest BCUT2D eigenvalue weighted by atomic mass is 127. The van der Waals surface area contributed by atoms with Crippen molar-refractivity contribution in [3.8, 4) is 0 Å². The number of fused-ring (bicyclic) bond motifs is 1. The number of anilines is 2. The Morgan fingerprint density at radius 1 is 1.09 bits per heavy atom. The molecule has 0 radical (unpaired) electrons. The van der Waals surface area contributed by atoms with Crippen molar-refractivity contribution in [2.45, 2.75) is 35.5 Å². The summed E-state index contributed by atoms with van der Waals surface area (Å²) >= 11 is 1.02. The van der Waals surface area contributed by atoms with Crippen LogP contribution in [0.2, 0.25) is 0 Å². The zero-order valence-electron chi connectivity index (χ0n) is 16.8. The highest BCUT2D eigenvalue weighted by molar-refractivity contribution is 14.1. The number of halogens is 6. The maximum atomic E-state index is 14.0. The number of rotatable bonds is 5. The van der Waals surface area contributed by atoms with Crippen LogP contribution in [0.4, 0.5) is 33.7 Å². The Morgan fingerprint density at radius 2 is 1.81 bits per heavy atom. The quantitative estimate of drug-likeness (QED) is 0.245. The lowest BCUT2D eigenvalue weighted by atomic mass is 10.2. The SMILES string of the molecule is CN(Cc1cccnc1C(F)(F)I)c1nc(N2CCCC2C(F)(F)F)nc2ncccc12. The van der Waals surface area contributed by atoms with Crippen molar-refractivity contribution in [1.82, 2.24) is 19.9 Å². The topological polar surface area (TPSA) is 58.0 Å². The summed E-state index contributed by atoms with van der Waals surface area (Å²) in [6.07, 6.45) is -1.31. The van der Waals surface area contributed by atoms with Gasteiger partial charge < -0.3 is 9.80 Å². The highest BCUT2D eigenvalue weighted by Crippen LogP contribution is 2.38. The van der Waals surface area contributed by atoms with E-state index in [-0.39, 0.29) is 42.4 Å². The van der Waals surface area contributed by atoms with Crippen LogP contribution in [0.15, 0.2) is 36.7 Å². The molecule has 1 fully saturated rings. The number of nitrogens with zero attached hydrogens (tertiary/aromatic N) is 6. The summed E-state index contributed by atoms with van der Waals surface area (Å²) in [5.74, 6) is 0.223. The molecule has 0 spiro atoms. The fourth-order valence-corrected chi connectivity index (χ4v) is 4.34. The molecule has 1 unspecified atom stereocenters. The lowest BCUT2D eigenvalue weighted by Crippen LogP contribution is -2.42. The molecule has 170 valence electrons. The van der Waals surface area contributed by atoms with E-state index in [4.69, 9.17) is 0 Å². The van der Waals surface area contributed by atoms with Gasteiger partial charge in [-0.15, -0.1) is 0 Å². The largest absolute Gasteiger partial charge is 0.408 e. The molecule has 0 amide bonds. The van der Waals surface area contributed by atoms with E-state index in [1.165, 1.54) is 18.5 Å². The molecule has 4 rings (SSSR count). The summed E-state index contributed by atoms with van der Waals surface area (Å²) in [6, 6.07) is 4.77. The second kappa shape index (κ2) is 8.52. The Morgan fingerprint density at radius 3 is 2.53 bits per heavy atom. The van der Waals surface area contributed by atoms with Crippen molar-refractivity contribution < 1.29 is 22.0 Å². The lowest BCUT2D eigenvalue weighted by Gasteiger charge is -2.28. The summed E-state index contributed by atoms with van der Waals surface area (Å²) in [6.45, 7) is 0.185. The summed E-state index contributed by atoms with van der Waals surface area (Å²) in [4.78, 5) is 19.4. The molecule has 1 aliphatic rings. The normalized spacial score (nSPS) is 17.2. The molecule has 0 saturated carbocycles. The van der Waals surface area contributed by atoms with Gasteiger partial charge in [0.05, 0.1) is 5.39 Å². The van der Waals surface area contributed by atoms with Gasteiger partial charge >= 0.3 is 10.1 Å². The predicted molar refractivity (Wildman–Crippen MR) is 118 cm³/mol. The minimum absolute atomic E-state index is 0.0188. The fourth-order valence-electron chi connectivity index (χ4n) is 3.85. The first-order valence-electron chi connectivity index (χ1n) is 9.74. The molecule has 0 bridgehead atoms. The average Bonchev–Trinajstić information content (AvgIpc) is 3.23. The molecule has 12 heteroatoms. The van der Waals surface area contributed by atoms with Gasteiger partial charge in [0.15, 0.2) is 5.65 Å². The summed E-state index contributed by atoms with van der Waals surface area (Å²) in [7, 11) is 1.63. The molecule has 6 nitrogen and oxygen atoms in total. The Bertz CT molecular complexity index is 1120. The van der Waals surface area contributed by atoms with Crippen LogP contribution in [0.1, 0.15) is 24.1 Å². The Balaban J connectivity index is 1.76. The zero-order valence-corrected chi connectivity index (χ0v) is 19.0. The number of hydrogen-bond donors (Lipinski definition) is 0. The van der Waals surface area contributed by atoms with Gasteiger partial charge in [-0.1, -0.05) is 6.07 Å². The highest BCUT2D eigenvalue weighted by Gasteiger charge is 2.47. The minimum Gasteiger partial charge on any atom is -0.355 e. The van der Waals surface area contributed by atoms with Gasteiger partial charge in [0.2, 0.25) is 5.95 Å². The Hall–Kier alpha value is -2.38. The molecule has 1 aliphatic heterocycles. The molecule has 0 aromatic carbocycles. The van der Waals surface area contributed by atoms with Gasteiger partial charge in [0.1, 0.15) is 17.6 Å². The van der Waals surface area contributed by atoms with Crippen molar-refractivity contribution in [3.63, 3.8) is 0 Å². The number of alkyl halides is 6. The smallest absolute Gasteiger partial charge is 0.355 e. The Kier molecular flexibility index (Phi) is 6.07. The third kappa shape index (κ3) is 4.55. The predicted octanol–water partition coefficient (Wildman–Crippen LogP) is 5.07. The van der Waals surface area contributed by atoms with E-state index >= 15 is 0 Å². The van der Waals surface area contributed by atoms with Crippen LogP contribution in [-0.4, -0.2) is 45.7 Å². The molecule has 3 aromatic heterocycles. The van der Waals surface area contributed by atoms with Gasteiger partial charge in [-0.25, -0.2) is 4.98 Å². The van der Waals surface area contributed by atoms with Crippen molar-refractivity contribution >= 4 is 45.4 Å². The third-order valence-corrected chi connectivity index (χ3v) is 5.77. The van der Waals surface area contributed by atoms with E-state index in [1.807, 2.05) is 0 Å². The molecule has 32 heavy (non-hydrogen) atoms. The number of pyridine rings is 2. The van der Waals surface area contributed by atoms with Crippen LogP contribution in [0.3, 0.4) is 0 Å². The van der Waals surface area contributed by atoms with E-state index in [0.29, 0.717) is 17.6 Å². The Labute approximate surface area is 194 Å².